The van der Waals surface area contributed by atoms with Crippen LogP contribution in [0.4, 0.5) is 0 Å². The second-order valence-corrected chi connectivity index (χ2v) is 6.30. The zero-order valence-electron chi connectivity index (χ0n) is 11.1. The molecule has 0 aromatic rings. The van der Waals surface area contributed by atoms with Crippen molar-refractivity contribution in [1.82, 2.24) is 4.90 Å². The standard InChI is InChI=1S/C14H27NO2/c1-14(17)8-5-9-15(11-14)10-12-6-3-2-4-7-13(12)16/h12-13,16-17H,2-11H2,1H3. The van der Waals surface area contributed by atoms with Gasteiger partial charge in [0.1, 0.15) is 0 Å². The van der Waals surface area contributed by atoms with Crippen LogP contribution >= 0.6 is 0 Å². The molecule has 3 nitrogen and oxygen atoms in total. The Balaban J connectivity index is 1.86. The molecule has 1 heterocycles. The summed E-state index contributed by atoms with van der Waals surface area (Å²) in [5, 5.41) is 20.2. The van der Waals surface area contributed by atoms with Crippen molar-refractivity contribution < 1.29 is 10.2 Å². The van der Waals surface area contributed by atoms with E-state index < -0.39 is 5.60 Å². The average Bonchev–Trinajstić information content (AvgIpc) is 2.43. The highest BCUT2D eigenvalue weighted by Gasteiger charge is 2.31. The fraction of sp³-hybridized carbons (Fsp3) is 1.00. The van der Waals surface area contributed by atoms with Crippen LogP contribution < -0.4 is 0 Å². The summed E-state index contributed by atoms with van der Waals surface area (Å²) >= 11 is 0. The predicted octanol–water partition coefficient (Wildman–Crippen LogP) is 1.77. The first-order chi connectivity index (χ1) is 8.07. The average molecular weight is 241 g/mol. The molecule has 0 bridgehead atoms. The highest BCUT2D eigenvalue weighted by molar-refractivity contribution is 4.85. The van der Waals surface area contributed by atoms with E-state index in [9.17, 15) is 10.2 Å². The molecule has 3 unspecified atom stereocenters. The van der Waals surface area contributed by atoms with E-state index in [2.05, 4.69) is 4.90 Å². The van der Waals surface area contributed by atoms with Crippen molar-refractivity contribution >= 4 is 0 Å². The number of rotatable bonds is 2. The summed E-state index contributed by atoms with van der Waals surface area (Å²) in [5.74, 6) is 0.423. The summed E-state index contributed by atoms with van der Waals surface area (Å²) in [7, 11) is 0. The van der Waals surface area contributed by atoms with E-state index in [1.54, 1.807) is 0 Å². The lowest BCUT2D eigenvalue weighted by Crippen LogP contribution is -2.48. The zero-order valence-corrected chi connectivity index (χ0v) is 11.1. The van der Waals surface area contributed by atoms with E-state index in [1.165, 1.54) is 19.3 Å². The molecule has 1 aliphatic heterocycles. The summed E-state index contributed by atoms with van der Waals surface area (Å²) in [6, 6.07) is 0. The minimum Gasteiger partial charge on any atom is -0.393 e. The summed E-state index contributed by atoms with van der Waals surface area (Å²) < 4.78 is 0. The van der Waals surface area contributed by atoms with Gasteiger partial charge in [-0.15, -0.1) is 0 Å². The van der Waals surface area contributed by atoms with E-state index in [4.69, 9.17) is 0 Å². The molecule has 2 rings (SSSR count). The Morgan fingerprint density at radius 2 is 1.94 bits per heavy atom. The Bertz CT molecular complexity index is 242. The van der Waals surface area contributed by atoms with Gasteiger partial charge in [0.25, 0.3) is 0 Å². The number of nitrogens with zero attached hydrogens (tertiary/aromatic N) is 1. The molecular weight excluding hydrogens is 214 g/mol. The zero-order chi connectivity index (χ0) is 12.3. The normalized spacial score (nSPS) is 41.1. The lowest BCUT2D eigenvalue weighted by atomic mass is 9.92. The molecule has 2 fully saturated rings. The number of β-amino-alcohol motifs (C(OH)–C–C–N with tert-alkyl or cyclic N) is 1. The minimum absolute atomic E-state index is 0.121. The number of aliphatic hydroxyl groups is 2. The third-order valence-corrected chi connectivity index (χ3v) is 4.37. The van der Waals surface area contributed by atoms with Gasteiger partial charge in [-0.1, -0.05) is 19.3 Å². The highest BCUT2D eigenvalue weighted by atomic mass is 16.3. The van der Waals surface area contributed by atoms with Crippen LogP contribution in [0.25, 0.3) is 0 Å². The molecule has 1 aliphatic carbocycles. The Morgan fingerprint density at radius 3 is 2.71 bits per heavy atom. The highest BCUT2D eigenvalue weighted by Crippen LogP contribution is 2.27. The molecule has 2 N–H and O–H groups in total. The first kappa shape index (κ1) is 13.3. The van der Waals surface area contributed by atoms with Gasteiger partial charge in [0, 0.05) is 13.1 Å². The second kappa shape index (κ2) is 5.68. The second-order valence-electron chi connectivity index (χ2n) is 6.30. The Kier molecular flexibility index (Phi) is 4.45. The van der Waals surface area contributed by atoms with Crippen molar-refractivity contribution in [2.75, 3.05) is 19.6 Å². The van der Waals surface area contributed by atoms with Gasteiger partial charge in [-0.2, -0.15) is 0 Å². The minimum atomic E-state index is -0.520. The van der Waals surface area contributed by atoms with E-state index >= 15 is 0 Å². The van der Waals surface area contributed by atoms with Crippen LogP contribution in [0.15, 0.2) is 0 Å². The summed E-state index contributed by atoms with van der Waals surface area (Å²) in [6.07, 6.45) is 7.69. The SMILES string of the molecule is CC1(O)CCCN(CC2CCCCCC2O)C1. The summed E-state index contributed by atoms with van der Waals surface area (Å²) in [6.45, 7) is 4.76. The number of piperidine rings is 1. The topological polar surface area (TPSA) is 43.7 Å². The molecule has 0 aromatic carbocycles. The molecule has 1 saturated heterocycles. The van der Waals surface area contributed by atoms with Crippen LogP contribution in [-0.4, -0.2) is 46.5 Å². The summed E-state index contributed by atoms with van der Waals surface area (Å²) in [5.41, 5.74) is -0.520. The fourth-order valence-electron chi connectivity index (χ4n) is 3.39. The molecule has 0 radical (unpaired) electrons. The number of aliphatic hydroxyl groups excluding tert-OH is 1. The summed E-state index contributed by atoms with van der Waals surface area (Å²) in [4.78, 5) is 2.35. The first-order valence-corrected chi connectivity index (χ1v) is 7.20. The lowest BCUT2D eigenvalue weighted by molar-refractivity contribution is -0.0289. The number of hydrogen-bond acceptors (Lipinski definition) is 3. The third kappa shape index (κ3) is 3.94. The first-order valence-electron chi connectivity index (χ1n) is 7.20. The van der Waals surface area contributed by atoms with E-state index in [0.29, 0.717) is 5.92 Å². The molecule has 3 heteroatoms. The fourth-order valence-corrected chi connectivity index (χ4v) is 3.39. The Morgan fingerprint density at radius 1 is 1.18 bits per heavy atom. The van der Waals surface area contributed by atoms with Gasteiger partial charge >= 0.3 is 0 Å². The van der Waals surface area contributed by atoms with Crippen LogP contribution in [-0.2, 0) is 0 Å². The predicted molar refractivity (Wildman–Crippen MR) is 68.9 cm³/mol. The maximum atomic E-state index is 10.1. The van der Waals surface area contributed by atoms with Crippen LogP contribution in [0.3, 0.4) is 0 Å². The van der Waals surface area contributed by atoms with Crippen LogP contribution in [0.5, 0.6) is 0 Å². The quantitative estimate of drug-likeness (QED) is 0.724. The van der Waals surface area contributed by atoms with Crippen molar-refractivity contribution in [3.63, 3.8) is 0 Å². The van der Waals surface area contributed by atoms with Gasteiger partial charge < -0.3 is 15.1 Å². The third-order valence-electron chi connectivity index (χ3n) is 4.37. The molecule has 0 amide bonds. The monoisotopic (exact) mass is 241 g/mol. The van der Waals surface area contributed by atoms with Crippen molar-refractivity contribution in [3.05, 3.63) is 0 Å². The molecule has 0 aromatic heterocycles. The molecule has 3 atom stereocenters. The smallest absolute Gasteiger partial charge is 0.0746 e. The van der Waals surface area contributed by atoms with Gasteiger partial charge in [0.15, 0.2) is 0 Å². The maximum absolute atomic E-state index is 10.1. The van der Waals surface area contributed by atoms with Gasteiger partial charge in [0.2, 0.25) is 0 Å². The molecule has 0 spiro atoms. The van der Waals surface area contributed by atoms with Gasteiger partial charge in [-0.3, -0.25) is 0 Å². The molecule has 1 saturated carbocycles. The number of likely N-dealkylation sites (tertiary alicyclic amines) is 1. The van der Waals surface area contributed by atoms with Crippen molar-refractivity contribution in [3.8, 4) is 0 Å². The largest absolute Gasteiger partial charge is 0.393 e. The Labute approximate surface area is 105 Å². The van der Waals surface area contributed by atoms with Crippen molar-refractivity contribution in [1.29, 1.82) is 0 Å². The van der Waals surface area contributed by atoms with Gasteiger partial charge in [-0.05, 0) is 45.1 Å². The van der Waals surface area contributed by atoms with Crippen molar-refractivity contribution in [2.45, 2.75) is 63.6 Å². The Hall–Kier alpha value is -0.120. The lowest BCUT2D eigenvalue weighted by Gasteiger charge is -2.39. The van der Waals surface area contributed by atoms with Gasteiger partial charge in [-0.25, -0.2) is 0 Å². The molecule has 17 heavy (non-hydrogen) atoms. The van der Waals surface area contributed by atoms with Crippen molar-refractivity contribution in [2.24, 2.45) is 5.92 Å². The van der Waals surface area contributed by atoms with Crippen LogP contribution in [0, 0.1) is 5.92 Å². The molecule has 2 aliphatic rings. The molecular formula is C14H27NO2. The van der Waals surface area contributed by atoms with E-state index in [-0.39, 0.29) is 6.10 Å². The van der Waals surface area contributed by atoms with Crippen LogP contribution in [0.1, 0.15) is 51.9 Å². The maximum Gasteiger partial charge on any atom is 0.0746 e. The van der Waals surface area contributed by atoms with E-state index in [1.807, 2.05) is 6.92 Å². The van der Waals surface area contributed by atoms with Gasteiger partial charge in [0.05, 0.1) is 11.7 Å². The van der Waals surface area contributed by atoms with Crippen LogP contribution in [0.2, 0.25) is 0 Å². The number of hydrogen-bond donors (Lipinski definition) is 2. The van der Waals surface area contributed by atoms with E-state index in [0.717, 1.165) is 45.3 Å². The molecule has 100 valence electrons.